The minimum atomic E-state index is -0.679. The number of hydrogen-bond acceptors (Lipinski definition) is 1. The van der Waals surface area contributed by atoms with Gasteiger partial charge in [-0.3, -0.25) is 0 Å². The average Bonchev–Trinajstić information content (AvgIpc) is 2.25. The second kappa shape index (κ2) is 5.94. The minimum Gasteiger partial charge on any atom is -0.392 e. The number of rotatable bonds is 5. The topological polar surface area (TPSA) is 20.2 Å². The zero-order valence-corrected chi connectivity index (χ0v) is 9.71. The third kappa shape index (κ3) is 3.01. The van der Waals surface area contributed by atoms with Gasteiger partial charge in [-0.1, -0.05) is 32.8 Å². The highest BCUT2D eigenvalue weighted by atomic mass is 19.1. The summed E-state index contributed by atoms with van der Waals surface area (Å²) in [4.78, 5) is 0. The van der Waals surface area contributed by atoms with Gasteiger partial charge in [0.05, 0.1) is 6.10 Å². The molecule has 0 fully saturated rings. The smallest absolute Gasteiger partial charge is 0.129 e. The van der Waals surface area contributed by atoms with Crippen LogP contribution >= 0.6 is 0 Å². The summed E-state index contributed by atoms with van der Waals surface area (Å²) >= 11 is 0. The molecule has 0 spiro atoms. The number of benzene rings is 1. The van der Waals surface area contributed by atoms with E-state index in [0.29, 0.717) is 0 Å². The Bertz CT molecular complexity index is 314. The molecule has 0 aliphatic heterocycles. The van der Waals surface area contributed by atoms with Gasteiger partial charge in [0.15, 0.2) is 0 Å². The third-order valence-electron chi connectivity index (χ3n) is 3.07. The fourth-order valence-electron chi connectivity index (χ4n) is 1.94. The molecule has 1 N–H and O–H groups in total. The maximum Gasteiger partial charge on any atom is 0.129 e. The number of hydrogen-bond donors (Lipinski definition) is 1. The monoisotopic (exact) mass is 228 g/mol. The van der Waals surface area contributed by atoms with Crippen molar-refractivity contribution < 1.29 is 13.9 Å². The molecular weight excluding hydrogens is 210 g/mol. The normalized spacial score (nSPS) is 13.1. The highest BCUT2D eigenvalue weighted by Gasteiger charge is 2.19. The second-order valence-corrected chi connectivity index (χ2v) is 4.05. The second-order valence-electron chi connectivity index (χ2n) is 4.05. The zero-order valence-electron chi connectivity index (χ0n) is 9.71. The quantitative estimate of drug-likeness (QED) is 0.819. The molecule has 1 aromatic rings. The predicted octanol–water partition coefficient (Wildman–Crippen LogP) is 3.30. The van der Waals surface area contributed by atoms with Crippen molar-refractivity contribution in [1.29, 1.82) is 0 Å². The van der Waals surface area contributed by atoms with Crippen LogP contribution in [-0.2, 0) is 6.42 Å². The molecule has 0 saturated heterocycles. The van der Waals surface area contributed by atoms with E-state index in [2.05, 4.69) is 0 Å². The van der Waals surface area contributed by atoms with E-state index in [-0.39, 0.29) is 17.9 Å². The molecule has 16 heavy (non-hydrogen) atoms. The van der Waals surface area contributed by atoms with Crippen LogP contribution in [0.5, 0.6) is 0 Å². The lowest BCUT2D eigenvalue weighted by molar-refractivity contribution is 0.101. The van der Waals surface area contributed by atoms with Crippen LogP contribution < -0.4 is 0 Å². The van der Waals surface area contributed by atoms with E-state index in [1.54, 1.807) is 0 Å². The number of halogens is 2. The van der Waals surface area contributed by atoms with Crippen molar-refractivity contribution in [1.82, 2.24) is 0 Å². The van der Waals surface area contributed by atoms with Gasteiger partial charge >= 0.3 is 0 Å². The largest absolute Gasteiger partial charge is 0.392 e. The van der Waals surface area contributed by atoms with Crippen molar-refractivity contribution in [3.63, 3.8) is 0 Å². The van der Waals surface area contributed by atoms with Gasteiger partial charge in [-0.2, -0.15) is 0 Å². The molecule has 1 unspecified atom stereocenters. The Morgan fingerprint density at radius 3 is 2.06 bits per heavy atom. The van der Waals surface area contributed by atoms with Gasteiger partial charge in [0.1, 0.15) is 11.6 Å². The lowest BCUT2D eigenvalue weighted by Gasteiger charge is -2.20. The highest BCUT2D eigenvalue weighted by Crippen LogP contribution is 2.20. The molecule has 0 aliphatic rings. The Labute approximate surface area is 95.1 Å². The van der Waals surface area contributed by atoms with Gasteiger partial charge in [-0.15, -0.1) is 0 Å². The van der Waals surface area contributed by atoms with E-state index >= 15 is 0 Å². The zero-order chi connectivity index (χ0) is 12.1. The van der Waals surface area contributed by atoms with Gasteiger partial charge in [-0.25, -0.2) is 8.78 Å². The molecule has 0 aromatic heterocycles. The van der Waals surface area contributed by atoms with E-state index in [1.165, 1.54) is 18.2 Å². The summed E-state index contributed by atoms with van der Waals surface area (Å²) in [6, 6.07) is 3.77. The van der Waals surface area contributed by atoms with Crippen LogP contribution in [0.4, 0.5) is 8.78 Å². The van der Waals surface area contributed by atoms with Gasteiger partial charge in [-0.05, 0) is 18.1 Å². The van der Waals surface area contributed by atoms with Crippen LogP contribution in [0.3, 0.4) is 0 Å². The Kier molecular flexibility index (Phi) is 4.87. The molecule has 0 aliphatic carbocycles. The predicted molar refractivity (Wildman–Crippen MR) is 60.1 cm³/mol. The van der Waals surface area contributed by atoms with Gasteiger partial charge in [0.25, 0.3) is 0 Å². The number of aliphatic hydroxyl groups is 1. The van der Waals surface area contributed by atoms with Crippen molar-refractivity contribution in [2.45, 2.75) is 39.2 Å². The highest BCUT2D eigenvalue weighted by molar-refractivity contribution is 5.20. The van der Waals surface area contributed by atoms with Crippen LogP contribution in [0.15, 0.2) is 18.2 Å². The van der Waals surface area contributed by atoms with Crippen molar-refractivity contribution in [2.75, 3.05) is 0 Å². The van der Waals surface area contributed by atoms with Crippen molar-refractivity contribution in [3.8, 4) is 0 Å². The van der Waals surface area contributed by atoms with E-state index in [0.717, 1.165) is 12.8 Å². The maximum atomic E-state index is 13.3. The first kappa shape index (κ1) is 13.1. The molecule has 0 amide bonds. The fourth-order valence-corrected chi connectivity index (χ4v) is 1.94. The molecule has 0 heterocycles. The van der Waals surface area contributed by atoms with E-state index in [4.69, 9.17) is 0 Å². The molecule has 90 valence electrons. The third-order valence-corrected chi connectivity index (χ3v) is 3.07. The molecule has 0 radical (unpaired) electrons. The summed E-state index contributed by atoms with van der Waals surface area (Å²) in [7, 11) is 0. The maximum absolute atomic E-state index is 13.3. The molecule has 0 saturated carbocycles. The first-order valence-corrected chi connectivity index (χ1v) is 5.71. The van der Waals surface area contributed by atoms with Gasteiger partial charge in [0.2, 0.25) is 0 Å². The molecule has 1 nitrogen and oxygen atoms in total. The molecule has 1 atom stereocenters. The fraction of sp³-hybridized carbons (Fsp3) is 0.538. The van der Waals surface area contributed by atoms with Crippen LogP contribution in [0, 0.1) is 17.6 Å². The van der Waals surface area contributed by atoms with Gasteiger partial charge in [0, 0.05) is 12.0 Å². The lowest BCUT2D eigenvalue weighted by atomic mass is 9.91. The van der Waals surface area contributed by atoms with Crippen LogP contribution in [0.2, 0.25) is 0 Å². The van der Waals surface area contributed by atoms with Crippen LogP contribution in [0.25, 0.3) is 0 Å². The first-order valence-electron chi connectivity index (χ1n) is 5.71. The van der Waals surface area contributed by atoms with Crippen LogP contribution in [0.1, 0.15) is 32.3 Å². The first-order chi connectivity index (χ1) is 7.60. The Balaban J connectivity index is 2.80. The summed E-state index contributed by atoms with van der Waals surface area (Å²) < 4.78 is 26.7. The van der Waals surface area contributed by atoms with Gasteiger partial charge < -0.3 is 5.11 Å². The summed E-state index contributed by atoms with van der Waals surface area (Å²) in [5.74, 6) is -1.06. The Morgan fingerprint density at radius 1 is 1.12 bits per heavy atom. The summed E-state index contributed by atoms with van der Waals surface area (Å²) in [6.45, 7) is 3.93. The average molecular weight is 228 g/mol. The molecule has 3 heteroatoms. The summed E-state index contributed by atoms with van der Waals surface area (Å²) in [5.41, 5.74) is -0.0121. The van der Waals surface area contributed by atoms with E-state index in [1.807, 2.05) is 13.8 Å². The number of aliphatic hydroxyl groups excluding tert-OH is 1. The summed E-state index contributed by atoms with van der Waals surface area (Å²) in [6.07, 6.45) is 0.994. The molecule has 0 bridgehead atoms. The molecular formula is C13H18F2O. The van der Waals surface area contributed by atoms with Crippen LogP contribution in [-0.4, -0.2) is 11.2 Å². The molecule has 1 rings (SSSR count). The van der Waals surface area contributed by atoms with E-state index in [9.17, 15) is 13.9 Å². The summed E-state index contributed by atoms with van der Waals surface area (Å²) in [5, 5.41) is 9.88. The molecule has 1 aromatic carbocycles. The standard InChI is InChI=1S/C13H18F2O/c1-3-9(4-2)13(16)8-10-11(14)6-5-7-12(10)15/h5-7,9,13,16H,3-4,8H2,1-2H3. The lowest BCUT2D eigenvalue weighted by Crippen LogP contribution is -2.22. The Hall–Kier alpha value is -0.960. The van der Waals surface area contributed by atoms with Crippen molar-refractivity contribution >= 4 is 0 Å². The Morgan fingerprint density at radius 2 is 1.62 bits per heavy atom. The SMILES string of the molecule is CCC(CC)C(O)Cc1c(F)cccc1F. The minimum absolute atomic E-state index is 0.0121. The van der Waals surface area contributed by atoms with E-state index < -0.39 is 17.7 Å². The van der Waals surface area contributed by atoms with Crippen molar-refractivity contribution in [2.24, 2.45) is 5.92 Å². The van der Waals surface area contributed by atoms with Crippen molar-refractivity contribution in [3.05, 3.63) is 35.4 Å².